The molecule has 36 heavy (non-hydrogen) atoms. The molecule has 4 rings (SSSR count). The fraction of sp³-hybridized carbons (Fsp3) is 0.400. The monoisotopic (exact) mass is 489 g/mol. The van der Waals surface area contributed by atoms with Gasteiger partial charge in [-0.15, -0.1) is 0 Å². The van der Waals surface area contributed by atoms with Crippen LogP contribution >= 0.6 is 0 Å². The number of fused-ring (bicyclic) bond motifs is 1. The summed E-state index contributed by atoms with van der Waals surface area (Å²) in [4.78, 5) is 28.2. The summed E-state index contributed by atoms with van der Waals surface area (Å²) < 4.78 is 0. The number of hydrogen-bond acceptors (Lipinski definition) is 5. The van der Waals surface area contributed by atoms with Gasteiger partial charge >= 0.3 is 0 Å². The number of hydrogen-bond donors (Lipinski definition) is 3. The van der Waals surface area contributed by atoms with Gasteiger partial charge in [-0.05, 0) is 67.5 Å². The second-order valence-electron chi connectivity index (χ2n) is 10.2. The van der Waals surface area contributed by atoms with Gasteiger partial charge in [-0.1, -0.05) is 61.4 Å². The molecule has 0 spiro atoms. The van der Waals surface area contributed by atoms with Crippen LogP contribution in [0.5, 0.6) is 5.75 Å². The van der Waals surface area contributed by atoms with E-state index in [0.717, 1.165) is 22.3 Å². The minimum absolute atomic E-state index is 0.0715. The van der Waals surface area contributed by atoms with E-state index in [1.165, 1.54) is 4.90 Å². The molecular formula is C30H35NO5. The van der Waals surface area contributed by atoms with Crippen LogP contribution in [0, 0.1) is 23.7 Å². The molecule has 2 aromatic rings. The molecule has 1 aliphatic carbocycles. The summed E-state index contributed by atoms with van der Waals surface area (Å²) in [6.07, 6.45) is 2.60. The maximum Gasteiger partial charge on any atom is 0.238 e. The van der Waals surface area contributed by atoms with Crippen LogP contribution in [0.4, 0.5) is 5.69 Å². The highest BCUT2D eigenvalue weighted by Gasteiger charge is 2.55. The van der Waals surface area contributed by atoms with Gasteiger partial charge in [0.1, 0.15) is 5.75 Å². The molecule has 0 unspecified atom stereocenters. The minimum atomic E-state index is -0.832. The van der Waals surface area contributed by atoms with Gasteiger partial charge in [0.25, 0.3) is 0 Å². The summed E-state index contributed by atoms with van der Waals surface area (Å²) in [5.41, 5.74) is 4.15. The van der Waals surface area contributed by atoms with Crippen molar-refractivity contribution in [3.63, 3.8) is 0 Å². The third-order valence-electron chi connectivity index (χ3n) is 7.48. The number of carbonyl (C=O) groups excluding carboxylic acids is 2. The van der Waals surface area contributed by atoms with E-state index in [0.29, 0.717) is 24.9 Å². The molecular weight excluding hydrogens is 454 g/mol. The zero-order valence-corrected chi connectivity index (χ0v) is 21.1. The fourth-order valence-electron chi connectivity index (χ4n) is 5.77. The van der Waals surface area contributed by atoms with Crippen molar-refractivity contribution in [1.29, 1.82) is 0 Å². The Kier molecular flexibility index (Phi) is 7.76. The SMILES string of the molecule is C/C(=C\c1cccc(O)c1)CC[C@@H](O)C1=C(C(C)C)C[C@H]2C(=O)N(c3ccccc3)C(=O)[C@H]2[C@H]1CO. The van der Waals surface area contributed by atoms with Crippen LogP contribution in [0.1, 0.15) is 45.6 Å². The molecule has 1 saturated heterocycles. The van der Waals surface area contributed by atoms with Crippen molar-refractivity contribution < 1.29 is 24.9 Å². The highest BCUT2D eigenvalue weighted by molar-refractivity contribution is 6.22. The number of benzene rings is 2. The van der Waals surface area contributed by atoms with Gasteiger partial charge in [0.2, 0.25) is 11.8 Å². The van der Waals surface area contributed by atoms with E-state index in [1.54, 1.807) is 42.5 Å². The van der Waals surface area contributed by atoms with Gasteiger partial charge in [0.05, 0.1) is 30.2 Å². The summed E-state index contributed by atoms with van der Waals surface area (Å²) >= 11 is 0. The van der Waals surface area contributed by atoms with Crippen molar-refractivity contribution in [3.8, 4) is 5.75 Å². The van der Waals surface area contributed by atoms with Crippen LogP contribution < -0.4 is 4.90 Å². The first kappa shape index (κ1) is 25.9. The zero-order valence-electron chi connectivity index (χ0n) is 21.1. The molecule has 1 fully saturated rings. The molecule has 0 radical (unpaired) electrons. The molecule has 1 heterocycles. The fourth-order valence-corrected chi connectivity index (χ4v) is 5.77. The van der Waals surface area contributed by atoms with E-state index in [9.17, 15) is 24.9 Å². The normalized spacial score (nSPS) is 23.4. The molecule has 6 heteroatoms. The molecule has 1 aliphatic heterocycles. The van der Waals surface area contributed by atoms with Crippen molar-refractivity contribution in [1.82, 2.24) is 0 Å². The number of phenolic OH excluding ortho intramolecular Hbond substituents is 1. The predicted molar refractivity (Wildman–Crippen MR) is 140 cm³/mol. The maximum atomic E-state index is 13.5. The van der Waals surface area contributed by atoms with E-state index in [4.69, 9.17) is 0 Å². The summed E-state index contributed by atoms with van der Waals surface area (Å²) in [5.74, 6) is -2.08. The second kappa shape index (κ2) is 10.8. The van der Waals surface area contributed by atoms with Crippen molar-refractivity contribution in [2.75, 3.05) is 11.5 Å². The average molecular weight is 490 g/mol. The number of amides is 2. The molecule has 0 bridgehead atoms. The highest BCUT2D eigenvalue weighted by Crippen LogP contribution is 2.48. The lowest BCUT2D eigenvalue weighted by Gasteiger charge is -2.38. The van der Waals surface area contributed by atoms with Gasteiger partial charge in [-0.25, -0.2) is 0 Å². The predicted octanol–water partition coefficient (Wildman–Crippen LogP) is 4.71. The van der Waals surface area contributed by atoms with E-state index in [2.05, 4.69) is 0 Å². The summed E-state index contributed by atoms with van der Waals surface area (Å²) in [6, 6.07) is 15.9. The van der Waals surface area contributed by atoms with Crippen molar-refractivity contribution in [2.24, 2.45) is 23.7 Å². The maximum absolute atomic E-state index is 13.5. The molecule has 0 saturated carbocycles. The lowest BCUT2D eigenvalue weighted by molar-refractivity contribution is -0.123. The van der Waals surface area contributed by atoms with E-state index in [-0.39, 0.29) is 30.1 Å². The standard InChI is InChI=1S/C30H35NO5/c1-18(2)23-16-24-28(30(36)31(29(24)35)21-9-5-4-6-10-21)25(17-32)27(23)26(34)13-12-19(3)14-20-8-7-11-22(33)15-20/h4-11,14-15,18,24-26,28,32-34H,12-13,16-17H2,1-3H3/b19-14+/t24-,25+,26-,28-/m1/s1. The number of para-hydroxylation sites is 1. The molecule has 4 atom stereocenters. The second-order valence-corrected chi connectivity index (χ2v) is 10.2. The summed E-state index contributed by atoms with van der Waals surface area (Å²) in [7, 11) is 0. The van der Waals surface area contributed by atoms with Crippen LogP contribution in [0.25, 0.3) is 6.08 Å². The Labute approximate surface area is 212 Å². The molecule has 2 aliphatic rings. The third kappa shape index (κ3) is 5.01. The van der Waals surface area contributed by atoms with Crippen LogP contribution in [0.2, 0.25) is 0 Å². The largest absolute Gasteiger partial charge is 0.508 e. The number of aromatic hydroxyl groups is 1. The molecule has 2 aromatic carbocycles. The molecule has 6 nitrogen and oxygen atoms in total. The Hall–Kier alpha value is -3.22. The van der Waals surface area contributed by atoms with Gasteiger partial charge in [-0.3, -0.25) is 14.5 Å². The molecule has 3 N–H and O–H groups in total. The quantitative estimate of drug-likeness (QED) is 0.369. The van der Waals surface area contributed by atoms with E-state index < -0.39 is 23.9 Å². The number of carbonyl (C=O) groups is 2. The number of nitrogens with zero attached hydrogens (tertiary/aromatic N) is 1. The van der Waals surface area contributed by atoms with E-state index in [1.807, 2.05) is 39.0 Å². The highest BCUT2D eigenvalue weighted by atomic mass is 16.3. The van der Waals surface area contributed by atoms with Gasteiger partial charge < -0.3 is 15.3 Å². The average Bonchev–Trinajstić information content (AvgIpc) is 3.11. The van der Waals surface area contributed by atoms with Crippen LogP contribution in [0.3, 0.4) is 0 Å². The Morgan fingerprint density at radius 1 is 1.08 bits per heavy atom. The lowest BCUT2D eigenvalue weighted by Crippen LogP contribution is -2.39. The number of aliphatic hydroxyl groups excluding tert-OH is 2. The summed E-state index contributed by atoms with van der Waals surface area (Å²) in [5, 5.41) is 31.5. The van der Waals surface area contributed by atoms with Gasteiger partial charge in [0, 0.05) is 5.92 Å². The first-order chi connectivity index (χ1) is 17.2. The number of anilines is 1. The molecule has 190 valence electrons. The Balaban J connectivity index is 1.60. The Morgan fingerprint density at radius 2 is 1.81 bits per heavy atom. The minimum Gasteiger partial charge on any atom is -0.508 e. The number of phenols is 1. The van der Waals surface area contributed by atoms with Crippen LogP contribution in [-0.4, -0.2) is 39.8 Å². The number of rotatable bonds is 8. The Bertz CT molecular complexity index is 1180. The lowest BCUT2D eigenvalue weighted by atomic mass is 9.66. The number of aliphatic hydroxyl groups is 2. The van der Waals surface area contributed by atoms with Crippen molar-refractivity contribution in [2.45, 2.75) is 46.1 Å². The number of imide groups is 1. The Morgan fingerprint density at radius 3 is 2.44 bits per heavy atom. The van der Waals surface area contributed by atoms with E-state index >= 15 is 0 Å². The molecule has 0 aromatic heterocycles. The first-order valence-electron chi connectivity index (χ1n) is 12.6. The topological polar surface area (TPSA) is 98.1 Å². The molecule has 2 amide bonds. The van der Waals surface area contributed by atoms with Crippen LogP contribution in [-0.2, 0) is 9.59 Å². The summed E-state index contributed by atoms with van der Waals surface area (Å²) in [6.45, 7) is 5.73. The van der Waals surface area contributed by atoms with Crippen molar-refractivity contribution in [3.05, 3.63) is 76.9 Å². The van der Waals surface area contributed by atoms with Gasteiger partial charge in [0.15, 0.2) is 0 Å². The van der Waals surface area contributed by atoms with Crippen LogP contribution in [0.15, 0.2) is 71.3 Å². The zero-order chi connectivity index (χ0) is 26.0. The van der Waals surface area contributed by atoms with Gasteiger partial charge in [-0.2, -0.15) is 0 Å². The number of allylic oxidation sites excluding steroid dienone is 2. The first-order valence-corrected chi connectivity index (χ1v) is 12.6. The smallest absolute Gasteiger partial charge is 0.238 e. The van der Waals surface area contributed by atoms with Crippen molar-refractivity contribution >= 4 is 23.6 Å². The third-order valence-corrected chi connectivity index (χ3v) is 7.48.